The van der Waals surface area contributed by atoms with E-state index in [0.29, 0.717) is 5.41 Å². The first-order valence-corrected chi connectivity index (χ1v) is 6.86. The van der Waals surface area contributed by atoms with Gasteiger partial charge >= 0.3 is 0 Å². The molecule has 17 heavy (non-hydrogen) atoms. The van der Waals surface area contributed by atoms with Crippen LogP contribution in [0.25, 0.3) is 0 Å². The fraction of sp³-hybridized carbons (Fsp3) is 0.667. The minimum Gasteiger partial charge on any atom is -0.306 e. The quantitative estimate of drug-likeness (QED) is 0.737. The molecular weight excluding hydrogens is 208 g/mol. The molecule has 1 aliphatic carbocycles. The monoisotopic (exact) mass is 230 g/mol. The second-order valence-corrected chi connectivity index (χ2v) is 6.05. The molecule has 0 bridgehead atoms. The molecule has 92 valence electrons. The van der Waals surface area contributed by atoms with E-state index in [-0.39, 0.29) is 0 Å². The molecule has 2 fully saturated rings. The number of nitrogens with zero attached hydrogens (tertiary/aromatic N) is 2. The molecule has 0 radical (unpaired) electrons. The zero-order valence-electron chi connectivity index (χ0n) is 10.7. The average molecular weight is 230 g/mol. The number of aromatic nitrogens is 1. The first-order chi connectivity index (χ1) is 8.27. The van der Waals surface area contributed by atoms with Crippen LogP contribution in [0, 0.1) is 5.41 Å². The maximum atomic E-state index is 4.25. The third-order valence-electron chi connectivity index (χ3n) is 4.83. The summed E-state index contributed by atoms with van der Waals surface area (Å²) < 4.78 is 0. The van der Waals surface area contributed by atoms with E-state index >= 15 is 0 Å². The van der Waals surface area contributed by atoms with Crippen molar-refractivity contribution in [3.05, 3.63) is 30.1 Å². The molecule has 0 N–H and O–H groups in total. The smallest absolute Gasteiger partial charge is 0.0302 e. The molecule has 1 aromatic rings. The van der Waals surface area contributed by atoms with Crippen molar-refractivity contribution < 1.29 is 0 Å². The number of pyridine rings is 1. The van der Waals surface area contributed by atoms with Gasteiger partial charge in [0.25, 0.3) is 0 Å². The van der Waals surface area contributed by atoms with E-state index in [1.54, 1.807) is 0 Å². The van der Waals surface area contributed by atoms with Crippen LogP contribution in [0.15, 0.2) is 24.5 Å². The van der Waals surface area contributed by atoms with E-state index in [4.69, 9.17) is 0 Å². The van der Waals surface area contributed by atoms with Crippen LogP contribution in [0.1, 0.15) is 43.6 Å². The van der Waals surface area contributed by atoms with Crippen LogP contribution in [0.5, 0.6) is 0 Å². The molecule has 1 aromatic heterocycles. The van der Waals surface area contributed by atoms with E-state index < -0.39 is 0 Å². The van der Waals surface area contributed by atoms with Gasteiger partial charge in [0.15, 0.2) is 0 Å². The summed E-state index contributed by atoms with van der Waals surface area (Å²) in [4.78, 5) is 6.76. The Bertz CT molecular complexity index is 366. The average Bonchev–Trinajstić information content (AvgIpc) is 2.73. The molecule has 2 aliphatic rings. The van der Waals surface area contributed by atoms with Gasteiger partial charge in [-0.25, -0.2) is 0 Å². The van der Waals surface area contributed by atoms with Crippen molar-refractivity contribution in [1.82, 2.24) is 9.88 Å². The highest BCUT2D eigenvalue weighted by molar-refractivity contribution is 5.16. The summed E-state index contributed by atoms with van der Waals surface area (Å²) in [6.45, 7) is 2.63. The van der Waals surface area contributed by atoms with E-state index in [9.17, 15) is 0 Å². The van der Waals surface area contributed by atoms with Gasteiger partial charge in [-0.1, -0.05) is 6.07 Å². The lowest BCUT2D eigenvalue weighted by Crippen LogP contribution is -2.29. The highest BCUT2D eigenvalue weighted by atomic mass is 15.1. The van der Waals surface area contributed by atoms with E-state index in [1.165, 1.54) is 50.8 Å². The third-order valence-corrected chi connectivity index (χ3v) is 4.83. The van der Waals surface area contributed by atoms with Crippen molar-refractivity contribution in [2.75, 3.05) is 20.1 Å². The summed E-state index contributed by atoms with van der Waals surface area (Å²) in [6, 6.07) is 4.32. The first-order valence-electron chi connectivity index (χ1n) is 6.86. The molecule has 2 nitrogen and oxygen atoms in total. The Morgan fingerprint density at radius 1 is 1.29 bits per heavy atom. The number of hydrogen-bond acceptors (Lipinski definition) is 2. The Morgan fingerprint density at radius 3 is 2.71 bits per heavy atom. The minimum absolute atomic E-state index is 0.660. The number of hydrogen-bond donors (Lipinski definition) is 0. The van der Waals surface area contributed by atoms with Gasteiger partial charge in [0.05, 0.1) is 0 Å². The van der Waals surface area contributed by atoms with Crippen LogP contribution in [0.2, 0.25) is 0 Å². The molecule has 1 aliphatic heterocycles. The molecule has 0 unspecified atom stereocenters. The Balaban J connectivity index is 1.65. The predicted molar refractivity (Wildman–Crippen MR) is 70.0 cm³/mol. The van der Waals surface area contributed by atoms with Crippen LogP contribution in [-0.4, -0.2) is 30.0 Å². The Hall–Kier alpha value is -0.890. The summed E-state index contributed by atoms with van der Waals surface area (Å²) in [7, 11) is 2.27. The highest BCUT2D eigenvalue weighted by Gasteiger charge is 2.39. The van der Waals surface area contributed by atoms with Crippen molar-refractivity contribution in [3.63, 3.8) is 0 Å². The molecule has 1 spiro atoms. The summed E-state index contributed by atoms with van der Waals surface area (Å²) in [5.41, 5.74) is 2.11. The SMILES string of the molecule is CN1CCC2(CCC(c3cccnc3)CC2)C1. The van der Waals surface area contributed by atoms with Crippen LogP contribution in [0.3, 0.4) is 0 Å². The molecule has 1 saturated heterocycles. The standard InChI is InChI=1S/C15H22N2/c1-17-10-8-15(12-17)6-4-13(5-7-15)14-3-2-9-16-11-14/h2-3,9,11,13H,4-8,10,12H2,1H3. The summed E-state index contributed by atoms with van der Waals surface area (Å²) >= 11 is 0. The Morgan fingerprint density at radius 2 is 2.12 bits per heavy atom. The van der Waals surface area contributed by atoms with Crippen LogP contribution >= 0.6 is 0 Å². The summed E-state index contributed by atoms with van der Waals surface area (Å²) in [5, 5.41) is 0. The first kappa shape index (κ1) is 11.2. The van der Waals surface area contributed by atoms with Crippen molar-refractivity contribution in [2.45, 2.75) is 38.0 Å². The van der Waals surface area contributed by atoms with Crippen molar-refractivity contribution >= 4 is 0 Å². The Kier molecular flexibility index (Phi) is 2.91. The molecule has 0 amide bonds. The maximum Gasteiger partial charge on any atom is 0.0302 e. The van der Waals surface area contributed by atoms with Gasteiger partial charge in [0.1, 0.15) is 0 Å². The zero-order chi connectivity index (χ0) is 11.7. The van der Waals surface area contributed by atoms with Gasteiger partial charge in [0, 0.05) is 18.9 Å². The van der Waals surface area contributed by atoms with E-state index in [1.807, 2.05) is 6.20 Å². The van der Waals surface area contributed by atoms with Gasteiger partial charge in [-0.05, 0) is 68.7 Å². The summed E-state index contributed by atoms with van der Waals surface area (Å²) in [6.07, 6.45) is 10.9. The van der Waals surface area contributed by atoms with Gasteiger partial charge in [0.2, 0.25) is 0 Å². The van der Waals surface area contributed by atoms with Crippen LogP contribution in [-0.2, 0) is 0 Å². The molecule has 2 heterocycles. The van der Waals surface area contributed by atoms with Crippen molar-refractivity contribution in [2.24, 2.45) is 5.41 Å². The molecule has 0 aromatic carbocycles. The third kappa shape index (κ3) is 2.23. The largest absolute Gasteiger partial charge is 0.306 e. The second-order valence-electron chi connectivity index (χ2n) is 6.05. The maximum absolute atomic E-state index is 4.25. The van der Waals surface area contributed by atoms with Gasteiger partial charge in [-0.2, -0.15) is 0 Å². The van der Waals surface area contributed by atoms with Crippen molar-refractivity contribution in [3.8, 4) is 0 Å². The van der Waals surface area contributed by atoms with Gasteiger partial charge in [-0.15, -0.1) is 0 Å². The number of rotatable bonds is 1. The normalized spacial score (nSPS) is 34.3. The minimum atomic E-state index is 0.660. The molecule has 2 heteroatoms. The molecule has 3 rings (SSSR count). The second kappa shape index (κ2) is 4.41. The molecule has 0 atom stereocenters. The van der Waals surface area contributed by atoms with E-state index in [0.717, 1.165) is 5.92 Å². The summed E-state index contributed by atoms with van der Waals surface area (Å²) in [5.74, 6) is 0.764. The highest BCUT2D eigenvalue weighted by Crippen LogP contribution is 2.47. The molecular formula is C15H22N2. The fourth-order valence-corrected chi connectivity index (χ4v) is 3.75. The lowest BCUT2D eigenvalue weighted by Gasteiger charge is -2.37. The fourth-order valence-electron chi connectivity index (χ4n) is 3.75. The lowest BCUT2D eigenvalue weighted by molar-refractivity contribution is 0.181. The lowest BCUT2D eigenvalue weighted by atomic mass is 9.69. The van der Waals surface area contributed by atoms with Crippen molar-refractivity contribution in [1.29, 1.82) is 0 Å². The Labute approximate surface area is 104 Å². The van der Waals surface area contributed by atoms with Gasteiger partial charge < -0.3 is 4.90 Å². The molecule has 1 saturated carbocycles. The predicted octanol–water partition coefficient (Wildman–Crippen LogP) is 3.06. The van der Waals surface area contributed by atoms with Crippen LogP contribution in [0.4, 0.5) is 0 Å². The number of likely N-dealkylation sites (tertiary alicyclic amines) is 1. The van der Waals surface area contributed by atoms with E-state index in [2.05, 4.69) is 35.3 Å². The van der Waals surface area contributed by atoms with Gasteiger partial charge in [-0.3, -0.25) is 4.98 Å². The van der Waals surface area contributed by atoms with Crippen LogP contribution < -0.4 is 0 Å². The zero-order valence-corrected chi connectivity index (χ0v) is 10.7. The topological polar surface area (TPSA) is 16.1 Å².